The van der Waals surface area contributed by atoms with Crippen molar-refractivity contribution in [2.24, 2.45) is 7.05 Å². The molecule has 0 saturated heterocycles. The van der Waals surface area contributed by atoms with Crippen molar-refractivity contribution in [2.45, 2.75) is 26.8 Å². The van der Waals surface area contributed by atoms with E-state index in [4.69, 9.17) is 14.2 Å². The number of fused-ring (bicyclic) bond motifs is 1. The smallest absolute Gasteiger partial charge is 0.332 e. The van der Waals surface area contributed by atoms with Crippen LogP contribution in [0.3, 0.4) is 0 Å². The number of methoxy groups -OCH3 is 2. The number of nitrogens with zero attached hydrogens (tertiary/aromatic N) is 3. The standard InChI is InChI=1S/C21H25N3O5/c1-6-14-11-22-19-17(18(14)29-7-2)20(25)24(21(26)23(19)3)12-13-8-15(27-4)10-16(9-13)28-5/h8-11H,6-7,12H2,1-5H3. The summed E-state index contributed by atoms with van der Waals surface area (Å²) in [6.45, 7) is 4.29. The molecule has 0 fully saturated rings. The molecule has 29 heavy (non-hydrogen) atoms. The van der Waals surface area contributed by atoms with Crippen molar-refractivity contribution in [3.05, 3.63) is 56.4 Å². The normalized spacial score (nSPS) is 10.9. The Balaban J connectivity index is 2.28. The quantitative estimate of drug-likeness (QED) is 0.605. The number of benzene rings is 1. The zero-order valence-corrected chi connectivity index (χ0v) is 17.3. The second kappa shape index (κ2) is 8.38. The first-order chi connectivity index (χ1) is 13.9. The molecule has 0 N–H and O–H groups in total. The number of pyridine rings is 1. The van der Waals surface area contributed by atoms with Crippen molar-refractivity contribution < 1.29 is 14.2 Å². The molecule has 0 aliphatic heterocycles. The molecule has 0 aliphatic carbocycles. The molecule has 154 valence electrons. The number of ether oxygens (including phenoxy) is 3. The van der Waals surface area contributed by atoms with Crippen LogP contribution in [0.4, 0.5) is 0 Å². The molecule has 0 spiro atoms. The molecule has 0 amide bonds. The van der Waals surface area contributed by atoms with Crippen molar-refractivity contribution in [1.29, 1.82) is 0 Å². The number of hydrogen-bond acceptors (Lipinski definition) is 6. The van der Waals surface area contributed by atoms with E-state index >= 15 is 0 Å². The topological polar surface area (TPSA) is 84.6 Å². The van der Waals surface area contributed by atoms with Gasteiger partial charge in [0, 0.05) is 24.9 Å². The first kappa shape index (κ1) is 20.4. The first-order valence-corrected chi connectivity index (χ1v) is 9.41. The largest absolute Gasteiger partial charge is 0.497 e. The summed E-state index contributed by atoms with van der Waals surface area (Å²) in [5.74, 6) is 1.64. The van der Waals surface area contributed by atoms with Gasteiger partial charge in [0.05, 0.1) is 27.4 Å². The van der Waals surface area contributed by atoms with Crippen LogP contribution in [0.15, 0.2) is 34.0 Å². The Morgan fingerprint density at radius 3 is 2.24 bits per heavy atom. The molecule has 8 nitrogen and oxygen atoms in total. The zero-order chi connectivity index (χ0) is 21.1. The Kier molecular flexibility index (Phi) is 5.91. The van der Waals surface area contributed by atoms with Gasteiger partial charge in [0.15, 0.2) is 5.65 Å². The van der Waals surface area contributed by atoms with Gasteiger partial charge in [-0.1, -0.05) is 6.92 Å². The molecular weight excluding hydrogens is 374 g/mol. The van der Waals surface area contributed by atoms with Crippen LogP contribution in [0, 0.1) is 0 Å². The molecule has 2 heterocycles. The SMILES string of the molecule is CCOc1c(CC)cnc2c1c(=O)n(Cc1cc(OC)cc(OC)c1)c(=O)n2C. The van der Waals surface area contributed by atoms with Crippen LogP contribution < -0.4 is 25.5 Å². The molecule has 3 rings (SSSR count). The third-order valence-corrected chi connectivity index (χ3v) is 4.80. The number of hydrogen-bond donors (Lipinski definition) is 0. The van der Waals surface area contributed by atoms with E-state index in [9.17, 15) is 9.59 Å². The number of rotatable bonds is 7. The highest BCUT2D eigenvalue weighted by Gasteiger charge is 2.19. The fourth-order valence-electron chi connectivity index (χ4n) is 3.31. The highest BCUT2D eigenvalue weighted by molar-refractivity contribution is 5.82. The number of aryl methyl sites for hydroxylation is 2. The molecule has 0 saturated carbocycles. The summed E-state index contributed by atoms with van der Waals surface area (Å²) >= 11 is 0. The Bertz CT molecular complexity index is 1140. The average Bonchev–Trinajstić information content (AvgIpc) is 2.74. The minimum atomic E-state index is -0.455. The van der Waals surface area contributed by atoms with Crippen molar-refractivity contribution in [2.75, 3.05) is 20.8 Å². The molecule has 8 heteroatoms. The second-order valence-electron chi connectivity index (χ2n) is 6.55. The van der Waals surface area contributed by atoms with E-state index in [1.807, 2.05) is 13.8 Å². The maximum absolute atomic E-state index is 13.3. The van der Waals surface area contributed by atoms with Gasteiger partial charge < -0.3 is 14.2 Å². The summed E-state index contributed by atoms with van der Waals surface area (Å²) in [5.41, 5.74) is 0.946. The van der Waals surface area contributed by atoms with Crippen LogP contribution in [-0.2, 0) is 20.0 Å². The lowest BCUT2D eigenvalue weighted by molar-refractivity contribution is 0.340. The fourth-order valence-corrected chi connectivity index (χ4v) is 3.31. The summed E-state index contributed by atoms with van der Waals surface area (Å²) in [6.07, 6.45) is 2.32. The van der Waals surface area contributed by atoms with E-state index in [-0.39, 0.29) is 6.54 Å². The monoisotopic (exact) mass is 399 g/mol. The van der Waals surface area contributed by atoms with E-state index < -0.39 is 11.2 Å². The van der Waals surface area contributed by atoms with E-state index in [1.54, 1.807) is 45.7 Å². The van der Waals surface area contributed by atoms with E-state index in [2.05, 4.69) is 4.98 Å². The van der Waals surface area contributed by atoms with Crippen LogP contribution in [0.1, 0.15) is 25.0 Å². The summed E-state index contributed by atoms with van der Waals surface area (Å²) in [4.78, 5) is 30.6. The maximum Gasteiger partial charge on any atom is 0.332 e. The highest BCUT2D eigenvalue weighted by Crippen LogP contribution is 2.26. The Morgan fingerprint density at radius 1 is 1.03 bits per heavy atom. The fraction of sp³-hybridized carbons (Fsp3) is 0.381. The molecule has 0 bridgehead atoms. The molecule has 1 aromatic carbocycles. The minimum Gasteiger partial charge on any atom is -0.497 e. The average molecular weight is 399 g/mol. The maximum atomic E-state index is 13.3. The van der Waals surface area contributed by atoms with Crippen LogP contribution >= 0.6 is 0 Å². The first-order valence-electron chi connectivity index (χ1n) is 9.41. The van der Waals surface area contributed by atoms with Crippen LogP contribution in [0.2, 0.25) is 0 Å². The molecule has 0 radical (unpaired) electrons. The third kappa shape index (κ3) is 3.70. The lowest BCUT2D eigenvalue weighted by Crippen LogP contribution is -2.40. The second-order valence-corrected chi connectivity index (χ2v) is 6.55. The van der Waals surface area contributed by atoms with Crippen molar-refractivity contribution in [3.63, 3.8) is 0 Å². The Morgan fingerprint density at radius 2 is 1.69 bits per heavy atom. The van der Waals surface area contributed by atoms with Gasteiger partial charge >= 0.3 is 5.69 Å². The zero-order valence-electron chi connectivity index (χ0n) is 17.3. The van der Waals surface area contributed by atoms with Crippen LogP contribution in [0.5, 0.6) is 17.2 Å². The number of aromatic nitrogens is 3. The molecule has 2 aromatic heterocycles. The van der Waals surface area contributed by atoms with Gasteiger partial charge in [-0.05, 0) is 31.0 Å². The minimum absolute atomic E-state index is 0.0664. The van der Waals surface area contributed by atoms with E-state index in [0.29, 0.717) is 46.9 Å². The third-order valence-electron chi connectivity index (χ3n) is 4.80. The predicted octanol–water partition coefficient (Wildman–Crippen LogP) is 2.12. The van der Waals surface area contributed by atoms with E-state index in [1.165, 1.54) is 9.13 Å². The van der Waals surface area contributed by atoms with Gasteiger partial charge in [0.2, 0.25) is 0 Å². The molecule has 0 atom stereocenters. The van der Waals surface area contributed by atoms with Gasteiger partial charge in [-0.25, -0.2) is 9.78 Å². The molecule has 0 unspecified atom stereocenters. The van der Waals surface area contributed by atoms with Gasteiger partial charge in [0.1, 0.15) is 22.6 Å². The van der Waals surface area contributed by atoms with Crippen LogP contribution in [-0.4, -0.2) is 34.9 Å². The van der Waals surface area contributed by atoms with Crippen molar-refractivity contribution in [1.82, 2.24) is 14.1 Å². The van der Waals surface area contributed by atoms with E-state index in [0.717, 1.165) is 5.56 Å². The van der Waals surface area contributed by atoms with Crippen LogP contribution in [0.25, 0.3) is 11.0 Å². The molecule has 0 aliphatic rings. The molecule has 3 aromatic rings. The molecular formula is C21H25N3O5. The lowest BCUT2D eigenvalue weighted by atomic mass is 10.1. The predicted molar refractivity (Wildman–Crippen MR) is 110 cm³/mol. The Hall–Kier alpha value is -3.29. The van der Waals surface area contributed by atoms with Crippen molar-refractivity contribution in [3.8, 4) is 17.2 Å². The van der Waals surface area contributed by atoms with Gasteiger partial charge in [-0.2, -0.15) is 0 Å². The van der Waals surface area contributed by atoms with Gasteiger partial charge in [-0.3, -0.25) is 13.9 Å². The lowest BCUT2D eigenvalue weighted by Gasteiger charge is -2.16. The Labute approximate surface area is 168 Å². The summed E-state index contributed by atoms with van der Waals surface area (Å²) in [6, 6.07) is 5.26. The summed E-state index contributed by atoms with van der Waals surface area (Å²) < 4.78 is 18.9. The summed E-state index contributed by atoms with van der Waals surface area (Å²) in [5, 5.41) is 0.308. The van der Waals surface area contributed by atoms with Crippen molar-refractivity contribution >= 4 is 11.0 Å². The van der Waals surface area contributed by atoms with Gasteiger partial charge in [0.25, 0.3) is 5.56 Å². The summed E-state index contributed by atoms with van der Waals surface area (Å²) in [7, 11) is 4.69. The van der Waals surface area contributed by atoms with Gasteiger partial charge in [-0.15, -0.1) is 0 Å². The highest BCUT2D eigenvalue weighted by atomic mass is 16.5.